The Hall–Kier alpha value is -5.66. The largest absolute Gasteiger partial charge is 0.456 e. The molecule has 0 bridgehead atoms. The molecule has 0 N–H and O–H groups in total. The highest BCUT2D eigenvalue weighted by molar-refractivity contribution is 6.71. The van der Waals surface area contributed by atoms with Gasteiger partial charge >= 0.3 is 0 Å². The fourth-order valence-electron chi connectivity index (χ4n) is 8.43. The molecule has 0 fully saturated rings. The lowest BCUT2D eigenvalue weighted by Crippen LogP contribution is -2.50. The SMILES string of the molecule is [B]c1c([B])c([B])c2c(-c3ccc4c(c3)oc3cc5ccccc5cc34)c3c([B])c([B])c([B])c([B])c3c(-c3ccc(-c4cccc5ccccc45)cc3)c2c1[B]. The van der Waals surface area contributed by atoms with Crippen LogP contribution in [0, 0.1) is 0 Å². The van der Waals surface area contributed by atoms with Crippen LogP contribution in [0.25, 0.3) is 98.4 Å². The van der Waals surface area contributed by atoms with Gasteiger partial charge < -0.3 is 4.42 Å². The van der Waals surface area contributed by atoms with Crippen molar-refractivity contribution < 1.29 is 4.42 Å². The zero-order valence-electron chi connectivity index (χ0n) is 29.6. The quantitative estimate of drug-likeness (QED) is 0.207. The Kier molecular flexibility index (Phi) is 7.66. The van der Waals surface area contributed by atoms with Crippen LogP contribution in [0.3, 0.4) is 0 Å². The molecule has 1 nitrogen and oxygen atoms in total. The molecule has 0 spiro atoms. The lowest BCUT2D eigenvalue weighted by atomic mass is 9.59. The van der Waals surface area contributed by atoms with Crippen molar-refractivity contribution in [2.24, 2.45) is 0 Å². The zero-order chi connectivity index (χ0) is 37.9. The summed E-state index contributed by atoms with van der Waals surface area (Å²) in [6.45, 7) is 0. The molecule has 10 rings (SSSR count). The number of fused-ring (bicyclic) bond motifs is 7. The first-order valence-electron chi connectivity index (χ1n) is 17.8. The maximum atomic E-state index is 6.99. The molecule has 9 aromatic carbocycles. The average Bonchev–Trinajstić information content (AvgIpc) is 3.57. The van der Waals surface area contributed by atoms with Crippen molar-refractivity contribution in [2.45, 2.75) is 0 Å². The van der Waals surface area contributed by atoms with E-state index in [1.807, 2.05) is 54.6 Å². The van der Waals surface area contributed by atoms with Crippen LogP contribution in [0.4, 0.5) is 0 Å². The fraction of sp³-hybridized carbons (Fsp3) is 0. The zero-order valence-corrected chi connectivity index (χ0v) is 29.6. The number of hydrogen-bond acceptors (Lipinski definition) is 1. The second-order valence-electron chi connectivity index (χ2n) is 14.2. The Labute approximate surface area is 329 Å². The van der Waals surface area contributed by atoms with Crippen molar-refractivity contribution in [1.29, 1.82) is 0 Å². The van der Waals surface area contributed by atoms with Crippen LogP contribution in [0.1, 0.15) is 0 Å². The van der Waals surface area contributed by atoms with E-state index in [9.17, 15) is 0 Å². The number of hydrogen-bond donors (Lipinski definition) is 0. The monoisotopic (exact) mass is 676 g/mol. The highest BCUT2D eigenvalue weighted by Gasteiger charge is 2.25. The predicted molar refractivity (Wildman–Crippen MR) is 243 cm³/mol. The minimum atomic E-state index is 0.161. The van der Waals surface area contributed by atoms with Crippen molar-refractivity contribution in [1.82, 2.24) is 0 Å². The molecule has 0 saturated heterocycles. The third-order valence-corrected chi connectivity index (χ3v) is 11.2. The minimum absolute atomic E-state index is 0.161. The van der Waals surface area contributed by atoms with Crippen LogP contribution >= 0.6 is 0 Å². The van der Waals surface area contributed by atoms with Gasteiger partial charge in [-0.3, -0.25) is 0 Å². The third kappa shape index (κ3) is 4.91. The molecule has 10 aromatic rings. The van der Waals surface area contributed by atoms with E-state index in [0.717, 1.165) is 60.2 Å². The van der Waals surface area contributed by atoms with Crippen molar-refractivity contribution in [3.63, 3.8) is 0 Å². The van der Waals surface area contributed by atoms with Gasteiger partial charge in [0.2, 0.25) is 0 Å². The number of benzene rings is 9. The molecule has 0 atom stereocenters. The molecule has 16 radical (unpaired) electrons. The van der Waals surface area contributed by atoms with Crippen LogP contribution in [0.5, 0.6) is 0 Å². The standard InChI is InChI=1S/C46H20B8O/c47-39-35-33(23-14-12-22(13-15-23)28-11-5-9-21-6-3-4-10-27(21)28)36-38(42(50)46(54)44(52)40(36)48)34(37(35)41(49)45(53)43(39)51)26-16-17-29-30-18-24-7-1-2-8-25(24)19-32(30)55-31(29)20-26/h1-20H. The van der Waals surface area contributed by atoms with E-state index in [1.54, 1.807) is 0 Å². The van der Waals surface area contributed by atoms with Crippen molar-refractivity contribution in [2.75, 3.05) is 0 Å². The summed E-state index contributed by atoms with van der Waals surface area (Å²) in [6, 6.07) is 41.2. The molecule has 0 aliphatic rings. The highest BCUT2D eigenvalue weighted by atomic mass is 16.3. The topological polar surface area (TPSA) is 13.1 Å². The molecule has 1 heterocycles. The van der Waals surface area contributed by atoms with Crippen LogP contribution in [-0.4, -0.2) is 62.8 Å². The third-order valence-electron chi connectivity index (χ3n) is 11.2. The first-order valence-corrected chi connectivity index (χ1v) is 17.8. The lowest BCUT2D eigenvalue weighted by molar-refractivity contribution is 0.669. The van der Waals surface area contributed by atoms with E-state index in [2.05, 4.69) is 66.7 Å². The second kappa shape index (κ2) is 12.4. The minimum Gasteiger partial charge on any atom is -0.456 e. The molecule has 55 heavy (non-hydrogen) atoms. The summed E-state index contributed by atoms with van der Waals surface area (Å²) in [7, 11) is 54.4. The molecular formula is C46H20B8O. The van der Waals surface area contributed by atoms with Gasteiger partial charge in [-0.15, -0.1) is 21.9 Å². The van der Waals surface area contributed by atoms with Gasteiger partial charge in [-0.2, -0.15) is 0 Å². The predicted octanol–water partition coefficient (Wildman–Crippen LogP) is 3.55. The molecule has 234 valence electrons. The van der Waals surface area contributed by atoms with Crippen molar-refractivity contribution in [3.8, 4) is 33.4 Å². The summed E-state index contributed by atoms with van der Waals surface area (Å²) in [4.78, 5) is 0. The van der Waals surface area contributed by atoms with Gasteiger partial charge in [0, 0.05) is 10.8 Å². The van der Waals surface area contributed by atoms with Gasteiger partial charge in [0.1, 0.15) is 73.9 Å². The molecule has 1 aromatic heterocycles. The number of furan rings is 1. The highest BCUT2D eigenvalue weighted by Crippen LogP contribution is 2.43. The summed E-state index contributed by atoms with van der Waals surface area (Å²) < 4.78 is 6.51. The van der Waals surface area contributed by atoms with Gasteiger partial charge in [0.05, 0.1) is 0 Å². The molecule has 0 aliphatic heterocycles. The summed E-state index contributed by atoms with van der Waals surface area (Å²) >= 11 is 0. The summed E-state index contributed by atoms with van der Waals surface area (Å²) in [6.07, 6.45) is 0. The molecule has 0 aliphatic carbocycles. The van der Waals surface area contributed by atoms with E-state index < -0.39 is 0 Å². The average molecular weight is 675 g/mol. The smallest absolute Gasteiger partial charge is 0.136 e. The summed E-state index contributed by atoms with van der Waals surface area (Å²) in [5, 5.41) is 8.69. The van der Waals surface area contributed by atoms with E-state index in [0.29, 0.717) is 38.3 Å². The van der Waals surface area contributed by atoms with E-state index >= 15 is 0 Å². The lowest BCUT2D eigenvalue weighted by Gasteiger charge is -2.28. The Morgan fingerprint density at radius 1 is 0.309 bits per heavy atom. The van der Waals surface area contributed by atoms with E-state index in [-0.39, 0.29) is 43.7 Å². The van der Waals surface area contributed by atoms with Gasteiger partial charge in [-0.25, -0.2) is 0 Å². The Morgan fingerprint density at radius 2 is 0.764 bits per heavy atom. The normalized spacial score (nSPS) is 11.9. The Balaban J connectivity index is 1.31. The van der Waals surface area contributed by atoms with Crippen LogP contribution < -0.4 is 43.7 Å². The molecule has 0 amide bonds. The summed E-state index contributed by atoms with van der Waals surface area (Å²) in [5.74, 6) is 0. The molecule has 9 heteroatoms. The second-order valence-corrected chi connectivity index (χ2v) is 14.2. The van der Waals surface area contributed by atoms with Gasteiger partial charge in [0.15, 0.2) is 0 Å². The van der Waals surface area contributed by atoms with E-state index in [1.165, 1.54) is 0 Å². The Morgan fingerprint density at radius 3 is 1.36 bits per heavy atom. The van der Waals surface area contributed by atoms with Gasteiger partial charge in [0.25, 0.3) is 0 Å². The van der Waals surface area contributed by atoms with Crippen molar-refractivity contribution in [3.05, 3.63) is 121 Å². The van der Waals surface area contributed by atoms with Crippen LogP contribution in [0.2, 0.25) is 0 Å². The van der Waals surface area contributed by atoms with Gasteiger partial charge in [-0.05, 0) is 101 Å². The maximum Gasteiger partial charge on any atom is 0.136 e. The van der Waals surface area contributed by atoms with Crippen molar-refractivity contribution >= 4 is 172 Å². The molecular weight excluding hydrogens is 655 g/mol. The molecule has 0 saturated carbocycles. The van der Waals surface area contributed by atoms with Crippen LogP contribution in [0.15, 0.2) is 126 Å². The molecule has 0 unspecified atom stereocenters. The first kappa shape index (κ1) is 33.9. The van der Waals surface area contributed by atoms with Crippen LogP contribution in [-0.2, 0) is 0 Å². The fourth-order valence-corrected chi connectivity index (χ4v) is 8.43. The first-order chi connectivity index (χ1) is 26.6. The number of rotatable bonds is 3. The maximum absolute atomic E-state index is 6.99. The Bertz CT molecular complexity index is 3210. The van der Waals surface area contributed by atoms with Gasteiger partial charge in [-0.1, -0.05) is 119 Å². The van der Waals surface area contributed by atoms with E-state index in [4.69, 9.17) is 67.2 Å². The summed E-state index contributed by atoms with van der Waals surface area (Å²) in [5.41, 5.74) is 8.02.